The van der Waals surface area contributed by atoms with Gasteiger partial charge in [0, 0.05) is 17.2 Å². The Kier molecular flexibility index (Phi) is 3.02. The number of hydrogen-bond acceptors (Lipinski definition) is 3. The predicted octanol–water partition coefficient (Wildman–Crippen LogP) is -0.558. The number of morpholine rings is 1. The van der Waals surface area contributed by atoms with Gasteiger partial charge in [-0.3, -0.25) is 9.69 Å². The van der Waals surface area contributed by atoms with Crippen LogP contribution in [0, 0.1) is 0 Å². The molecule has 0 aromatic rings. The summed E-state index contributed by atoms with van der Waals surface area (Å²) in [5.74, 6) is 0. The number of halogens is 1. The van der Waals surface area contributed by atoms with E-state index in [4.69, 9.17) is 8.85 Å². The average molecular weight is 184 g/mol. The van der Waals surface area contributed by atoms with Crippen LogP contribution in [-0.2, 0) is 9.53 Å². The summed E-state index contributed by atoms with van der Waals surface area (Å²) >= 11 is 0. The molecule has 66 valence electrons. The molecule has 0 saturated carbocycles. The summed E-state index contributed by atoms with van der Waals surface area (Å²) in [4.78, 5) is 11.4. The Labute approximate surface area is 76.5 Å². The summed E-state index contributed by atoms with van der Waals surface area (Å²) in [7, 11) is 0. The summed E-state index contributed by atoms with van der Waals surface area (Å²) in [5.41, 5.74) is 0. The van der Waals surface area contributed by atoms with Crippen LogP contribution >= 0.6 is 12.4 Å². The third-order valence-electron chi connectivity index (χ3n) is 1.32. The van der Waals surface area contributed by atoms with Crippen molar-refractivity contribution in [3.05, 3.63) is 0 Å². The van der Waals surface area contributed by atoms with Crippen LogP contribution in [0.4, 0.5) is 0 Å². The van der Waals surface area contributed by atoms with Gasteiger partial charge < -0.3 is 10.1 Å². The molecule has 1 atom stereocenters. The molecule has 1 aliphatic heterocycles. The van der Waals surface area contributed by atoms with E-state index in [1.54, 1.807) is 0 Å². The molecule has 0 aliphatic carbocycles. The first kappa shape index (κ1) is 6.22. The van der Waals surface area contributed by atoms with Crippen molar-refractivity contribution >= 4 is 18.8 Å². The predicted molar refractivity (Wildman–Crippen MR) is 43.7 cm³/mol. The molecule has 0 aromatic heterocycles. The number of nitrogens with zero attached hydrogens (tertiary/aromatic N) is 1. The van der Waals surface area contributed by atoms with Crippen LogP contribution in [0.3, 0.4) is 0 Å². The van der Waals surface area contributed by atoms with Gasteiger partial charge in [0.2, 0.25) is 6.41 Å². The number of likely N-dealkylation sites (N-methyl/N-ethyl adjacent to an activating group) is 1. The Morgan fingerprint density at radius 1 is 1.91 bits per heavy atom. The molecule has 0 spiro atoms. The molecular weight excluding hydrogens is 168 g/mol. The molecule has 5 heteroatoms. The SMILES string of the molecule is Cl.[2H]C([2H])([2H])N1CCO[C@H](NC=O)C1. The highest BCUT2D eigenvalue weighted by Gasteiger charge is 2.15. The van der Waals surface area contributed by atoms with Crippen LogP contribution in [0.25, 0.3) is 0 Å². The van der Waals surface area contributed by atoms with Gasteiger partial charge in [-0.15, -0.1) is 12.4 Å². The molecule has 1 N–H and O–H groups in total. The van der Waals surface area contributed by atoms with E-state index >= 15 is 0 Å². The van der Waals surface area contributed by atoms with Gasteiger partial charge in [0.25, 0.3) is 0 Å². The van der Waals surface area contributed by atoms with E-state index in [0.717, 1.165) is 0 Å². The maximum atomic E-state index is 10.1. The molecule has 1 fully saturated rings. The zero-order chi connectivity index (χ0) is 9.90. The zero-order valence-electron chi connectivity index (χ0n) is 8.95. The zero-order valence-corrected chi connectivity index (χ0v) is 6.76. The normalized spacial score (nSPS) is 30.5. The number of hydrogen-bond donors (Lipinski definition) is 1. The fourth-order valence-electron chi connectivity index (χ4n) is 0.826. The minimum atomic E-state index is -2.10. The third kappa shape index (κ3) is 3.55. The van der Waals surface area contributed by atoms with Crippen molar-refractivity contribution in [1.82, 2.24) is 10.2 Å². The second-order valence-corrected chi connectivity index (χ2v) is 2.09. The molecular formula is C6H13ClN2O2. The van der Waals surface area contributed by atoms with Gasteiger partial charge in [-0.25, -0.2) is 0 Å². The van der Waals surface area contributed by atoms with E-state index in [-0.39, 0.29) is 19.0 Å². The Morgan fingerprint density at radius 3 is 3.36 bits per heavy atom. The van der Waals surface area contributed by atoms with Crippen LogP contribution in [0.1, 0.15) is 4.11 Å². The minimum absolute atomic E-state index is 0. The van der Waals surface area contributed by atoms with Crippen molar-refractivity contribution in [2.75, 3.05) is 26.7 Å². The topological polar surface area (TPSA) is 41.6 Å². The molecule has 1 rings (SSSR count). The molecule has 4 nitrogen and oxygen atoms in total. The van der Waals surface area contributed by atoms with Crippen molar-refractivity contribution < 1.29 is 13.6 Å². The van der Waals surface area contributed by atoms with Crippen molar-refractivity contribution in [3.63, 3.8) is 0 Å². The quantitative estimate of drug-likeness (QED) is 0.584. The lowest BCUT2D eigenvalue weighted by molar-refractivity contribution is -0.116. The van der Waals surface area contributed by atoms with E-state index in [1.165, 1.54) is 4.90 Å². The highest BCUT2D eigenvalue weighted by atomic mass is 35.5. The first-order valence-electron chi connectivity index (χ1n) is 4.60. The van der Waals surface area contributed by atoms with Crippen LogP contribution in [0.15, 0.2) is 0 Å². The fourth-order valence-corrected chi connectivity index (χ4v) is 0.826. The first-order valence-corrected chi connectivity index (χ1v) is 3.10. The van der Waals surface area contributed by atoms with Crippen LogP contribution in [0.5, 0.6) is 0 Å². The highest BCUT2D eigenvalue weighted by molar-refractivity contribution is 5.85. The lowest BCUT2D eigenvalue weighted by Gasteiger charge is -2.29. The fraction of sp³-hybridized carbons (Fsp3) is 0.833. The summed E-state index contributed by atoms with van der Waals surface area (Å²) in [5, 5.41) is 2.39. The Morgan fingerprint density at radius 2 is 2.73 bits per heavy atom. The molecule has 0 bridgehead atoms. The van der Waals surface area contributed by atoms with Crippen molar-refractivity contribution in [3.8, 4) is 0 Å². The largest absolute Gasteiger partial charge is 0.356 e. The van der Waals surface area contributed by atoms with Gasteiger partial charge in [-0.2, -0.15) is 0 Å². The van der Waals surface area contributed by atoms with E-state index in [2.05, 4.69) is 5.32 Å². The second-order valence-electron chi connectivity index (χ2n) is 2.09. The van der Waals surface area contributed by atoms with Crippen LogP contribution in [-0.4, -0.2) is 44.2 Å². The lowest BCUT2D eigenvalue weighted by Crippen LogP contribution is -2.47. The van der Waals surface area contributed by atoms with Gasteiger partial charge in [-0.1, -0.05) is 0 Å². The average Bonchev–Trinajstić information content (AvgIpc) is 2.04. The maximum Gasteiger partial charge on any atom is 0.209 e. The number of ether oxygens (including phenoxy) is 1. The number of carbonyl (C=O) groups excluding carboxylic acids is 1. The van der Waals surface area contributed by atoms with Gasteiger partial charge in [0.15, 0.2) is 0 Å². The highest BCUT2D eigenvalue weighted by Crippen LogP contribution is 1.97. The molecule has 0 radical (unpaired) electrons. The molecule has 11 heavy (non-hydrogen) atoms. The summed E-state index contributed by atoms with van der Waals surface area (Å²) in [6, 6.07) is 0. The molecule has 0 aromatic carbocycles. The van der Waals surface area contributed by atoms with Gasteiger partial charge >= 0.3 is 0 Å². The number of amides is 1. The molecule has 1 amide bonds. The number of carbonyl (C=O) groups is 1. The van der Waals surface area contributed by atoms with E-state index < -0.39 is 13.2 Å². The van der Waals surface area contributed by atoms with Gasteiger partial charge in [0.05, 0.1) is 6.61 Å². The summed E-state index contributed by atoms with van der Waals surface area (Å²) in [6.07, 6.45) is -0.0000855. The Balaban J connectivity index is 0.00000169. The van der Waals surface area contributed by atoms with Crippen molar-refractivity contribution in [2.24, 2.45) is 0 Å². The minimum Gasteiger partial charge on any atom is -0.356 e. The molecule has 1 aliphatic rings. The van der Waals surface area contributed by atoms with E-state index in [0.29, 0.717) is 19.6 Å². The van der Waals surface area contributed by atoms with Crippen molar-refractivity contribution in [1.29, 1.82) is 0 Å². The molecule has 1 heterocycles. The molecule has 1 saturated heterocycles. The molecule has 0 unspecified atom stereocenters. The first-order chi connectivity index (χ1) is 6.04. The Hall–Kier alpha value is -0.320. The van der Waals surface area contributed by atoms with Crippen LogP contribution < -0.4 is 5.32 Å². The van der Waals surface area contributed by atoms with Gasteiger partial charge in [0.1, 0.15) is 6.23 Å². The number of nitrogens with one attached hydrogen (secondary N) is 1. The van der Waals surface area contributed by atoms with Crippen molar-refractivity contribution in [2.45, 2.75) is 6.23 Å². The summed E-state index contributed by atoms with van der Waals surface area (Å²) < 4.78 is 26.5. The monoisotopic (exact) mass is 183 g/mol. The second kappa shape index (κ2) is 5.35. The van der Waals surface area contributed by atoms with E-state index in [9.17, 15) is 4.79 Å². The maximum absolute atomic E-state index is 10.1. The van der Waals surface area contributed by atoms with Crippen LogP contribution in [0.2, 0.25) is 0 Å². The summed E-state index contributed by atoms with van der Waals surface area (Å²) in [6.45, 7) is -1.21. The van der Waals surface area contributed by atoms with Gasteiger partial charge in [-0.05, 0) is 6.98 Å². The standard InChI is InChI=1S/C6H12N2O2.ClH/c1-8-2-3-10-6(4-8)7-5-9;/h5-6H,2-4H2,1H3,(H,7,9);1H/t6-;/m0./s1/i1D3;. The smallest absolute Gasteiger partial charge is 0.209 e. The Bertz CT molecular complexity index is 190. The van der Waals surface area contributed by atoms with E-state index in [1.807, 2.05) is 0 Å². The number of rotatable bonds is 2. The third-order valence-corrected chi connectivity index (χ3v) is 1.32. The lowest BCUT2D eigenvalue weighted by atomic mass is 10.4.